The summed E-state index contributed by atoms with van der Waals surface area (Å²) in [5, 5.41) is 9.71. The van der Waals surface area contributed by atoms with Gasteiger partial charge in [0.2, 0.25) is 0 Å². The first-order valence-electron chi connectivity index (χ1n) is 7.17. The molecular formula is C16H23NO2. The molecule has 1 N–H and O–H groups in total. The van der Waals surface area contributed by atoms with Crippen LogP contribution in [0.1, 0.15) is 37.8 Å². The molecule has 0 aliphatic carbocycles. The van der Waals surface area contributed by atoms with E-state index in [2.05, 4.69) is 30.9 Å². The van der Waals surface area contributed by atoms with Gasteiger partial charge in [0.05, 0.1) is 5.41 Å². The molecule has 0 bridgehead atoms. The van der Waals surface area contributed by atoms with Crippen LogP contribution >= 0.6 is 0 Å². The molecule has 0 amide bonds. The standard InChI is InChI=1S/C16H23NO2/c1-3-13-5-7-14(8-6-13)16(15(18)19)9-11-17(4-2)12-10-16/h5-8H,3-4,9-12H2,1-2H3,(H,18,19). The maximum atomic E-state index is 11.8. The Hall–Kier alpha value is -1.35. The molecule has 1 saturated heterocycles. The van der Waals surface area contributed by atoms with Crippen LogP contribution in [0.3, 0.4) is 0 Å². The quantitative estimate of drug-likeness (QED) is 0.906. The Balaban J connectivity index is 2.27. The maximum Gasteiger partial charge on any atom is 0.314 e. The molecule has 1 heterocycles. The van der Waals surface area contributed by atoms with Crippen molar-refractivity contribution in [2.24, 2.45) is 0 Å². The first-order valence-corrected chi connectivity index (χ1v) is 7.17. The molecular weight excluding hydrogens is 238 g/mol. The molecule has 0 aromatic heterocycles. The second-order valence-electron chi connectivity index (χ2n) is 5.37. The summed E-state index contributed by atoms with van der Waals surface area (Å²) in [6.07, 6.45) is 2.41. The molecule has 104 valence electrons. The summed E-state index contributed by atoms with van der Waals surface area (Å²) in [7, 11) is 0. The van der Waals surface area contributed by atoms with Crippen LogP contribution in [-0.4, -0.2) is 35.6 Å². The molecule has 1 aromatic carbocycles. The summed E-state index contributed by atoms with van der Waals surface area (Å²) < 4.78 is 0. The van der Waals surface area contributed by atoms with Crippen molar-refractivity contribution >= 4 is 5.97 Å². The number of likely N-dealkylation sites (tertiary alicyclic amines) is 1. The molecule has 0 spiro atoms. The van der Waals surface area contributed by atoms with Crippen LogP contribution in [-0.2, 0) is 16.6 Å². The number of carboxylic acid groups (broad SMARTS) is 1. The Morgan fingerprint density at radius 3 is 2.21 bits per heavy atom. The van der Waals surface area contributed by atoms with Crippen LogP contribution in [0.4, 0.5) is 0 Å². The Kier molecular flexibility index (Phi) is 4.25. The van der Waals surface area contributed by atoms with E-state index in [1.54, 1.807) is 0 Å². The van der Waals surface area contributed by atoms with Gasteiger partial charge in [-0.15, -0.1) is 0 Å². The minimum Gasteiger partial charge on any atom is -0.481 e. The highest BCUT2D eigenvalue weighted by molar-refractivity contribution is 5.81. The highest BCUT2D eigenvalue weighted by atomic mass is 16.4. The third kappa shape index (κ3) is 2.66. The fourth-order valence-electron chi connectivity index (χ4n) is 2.94. The van der Waals surface area contributed by atoms with Gasteiger partial charge in [0.25, 0.3) is 0 Å². The molecule has 1 aliphatic rings. The summed E-state index contributed by atoms with van der Waals surface area (Å²) in [6, 6.07) is 8.14. The summed E-state index contributed by atoms with van der Waals surface area (Å²) in [6.45, 7) is 6.99. The van der Waals surface area contributed by atoms with E-state index in [4.69, 9.17) is 0 Å². The third-order valence-electron chi connectivity index (χ3n) is 4.48. The number of hydrogen-bond acceptors (Lipinski definition) is 2. The van der Waals surface area contributed by atoms with E-state index in [-0.39, 0.29) is 0 Å². The summed E-state index contributed by atoms with van der Waals surface area (Å²) in [5.74, 6) is -0.674. The van der Waals surface area contributed by atoms with Crippen molar-refractivity contribution in [1.82, 2.24) is 4.90 Å². The number of rotatable bonds is 4. The topological polar surface area (TPSA) is 40.5 Å². The van der Waals surface area contributed by atoms with Crippen molar-refractivity contribution < 1.29 is 9.90 Å². The van der Waals surface area contributed by atoms with Gasteiger partial charge in [-0.05, 0) is 50.0 Å². The van der Waals surface area contributed by atoms with Gasteiger partial charge in [-0.25, -0.2) is 0 Å². The van der Waals surface area contributed by atoms with Gasteiger partial charge in [0, 0.05) is 0 Å². The Morgan fingerprint density at radius 1 is 1.21 bits per heavy atom. The number of hydrogen-bond donors (Lipinski definition) is 1. The Bertz CT molecular complexity index is 431. The normalized spacial score (nSPS) is 19.3. The van der Waals surface area contributed by atoms with Gasteiger partial charge in [0.1, 0.15) is 0 Å². The molecule has 2 rings (SSSR count). The molecule has 0 atom stereocenters. The molecule has 0 unspecified atom stereocenters. The number of nitrogens with zero attached hydrogens (tertiary/aromatic N) is 1. The summed E-state index contributed by atoms with van der Waals surface area (Å²) >= 11 is 0. The fourth-order valence-corrected chi connectivity index (χ4v) is 2.94. The lowest BCUT2D eigenvalue weighted by molar-refractivity contribution is -0.146. The van der Waals surface area contributed by atoms with Crippen molar-refractivity contribution in [1.29, 1.82) is 0 Å². The third-order valence-corrected chi connectivity index (χ3v) is 4.48. The van der Waals surface area contributed by atoms with Crippen LogP contribution in [0.5, 0.6) is 0 Å². The SMILES string of the molecule is CCc1ccc(C2(C(=O)O)CCN(CC)CC2)cc1. The van der Waals surface area contributed by atoms with Crippen LogP contribution in [0, 0.1) is 0 Å². The average molecular weight is 261 g/mol. The predicted molar refractivity (Wildman–Crippen MR) is 76.5 cm³/mol. The molecule has 0 saturated carbocycles. The molecule has 1 aromatic rings. The highest BCUT2D eigenvalue weighted by Gasteiger charge is 2.42. The number of carboxylic acids is 1. The van der Waals surface area contributed by atoms with Crippen molar-refractivity contribution in [3.05, 3.63) is 35.4 Å². The van der Waals surface area contributed by atoms with E-state index in [0.29, 0.717) is 12.8 Å². The maximum absolute atomic E-state index is 11.8. The van der Waals surface area contributed by atoms with Gasteiger partial charge in [0.15, 0.2) is 0 Å². The van der Waals surface area contributed by atoms with Crippen LogP contribution < -0.4 is 0 Å². The molecule has 0 radical (unpaired) electrons. The predicted octanol–water partition coefficient (Wildman–Crippen LogP) is 2.69. The van der Waals surface area contributed by atoms with E-state index in [1.807, 2.05) is 12.1 Å². The first-order chi connectivity index (χ1) is 9.12. The number of piperidine rings is 1. The van der Waals surface area contributed by atoms with E-state index in [0.717, 1.165) is 31.6 Å². The highest BCUT2D eigenvalue weighted by Crippen LogP contribution is 2.36. The van der Waals surface area contributed by atoms with Crippen molar-refractivity contribution in [2.75, 3.05) is 19.6 Å². The van der Waals surface area contributed by atoms with Crippen LogP contribution in [0.2, 0.25) is 0 Å². The second-order valence-corrected chi connectivity index (χ2v) is 5.37. The van der Waals surface area contributed by atoms with E-state index >= 15 is 0 Å². The van der Waals surface area contributed by atoms with Crippen molar-refractivity contribution in [2.45, 2.75) is 38.5 Å². The summed E-state index contributed by atoms with van der Waals surface area (Å²) in [5.41, 5.74) is 1.54. The lowest BCUT2D eigenvalue weighted by Gasteiger charge is -2.38. The van der Waals surface area contributed by atoms with Crippen LogP contribution in [0.25, 0.3) is 0 Å². The van der Waals surface area contributed by atoms with Crippen LogP contribution in [0.15, 0.2) is 24.3 Å². The Labute approximate surface area is 115 Å². The Morgan fingerprint density at radius 2 is 1.79 bits per heavy atom. The van der Waals surface area contributed by atoms with Gasteiger partial charge in [-0.3, -0.25) is 4.79 Å². The monoisotopic (exact) mass is 261 g/mol. The molecule has 3 nitrogen and oxygen atoms in total. The zero-order chi connectivity index (χ0) is 13.9. The van der Waals surface area contributed by atoms with E-state index in [1.165, 1.54) is 5.56 Å². The smallest absolute Gasteiger partial charge is 0.314 e. The number of carbonyl (C=O) groups is 1. The molecule has 19 heavy (non-hydrogen) atoms. The number of aliphatic carboxylic acids is 1. The average Bonchev–Trinajstić information content (AvgIpc) is 2.47. The minimum absolute atomic E-state index is 0.674. The molecule has 1 fully saturated rings. The largest absolute Gasteiger partial charge is 0.481 e. The molecule has 3 heteroatoms. The van der Waals surface area contributed by atoms with E-state index < -0.39 is 11.4 Å². The summed E-state index contributed by atoms with van der Waals surface area (Å²) in [4.78, 5) is 14.1. The second kappa shape index (κ2) is 5.74. The van der Waals surface area contributed by atoms with Crippen molar-refractivity contribution in [3.63, 3.8) is 0 Å². The van der Waals surface area contributed by atoms with Crippen molar-refractivity contribution in [3.8, 4) is 0 Å². The zero-order valence-corrected chi connectivity index (χ0v) is 11.9. The number of benzene rings is 1. The van der Waals surface area contributed by atoms with Gasteiger partial charge >= 0.3 is 5.97 Å². The zero-order valence-electron chi connectivity index (χ0n) is 11.9. The number of aryl methyl sites for hydroxylation is 1. The van der Waals surface area contributed by atoms with Gasteiger partial charge < -0.3 is 10.0 Å². The minimum atomic E-state index is -0.683. The van der Waals surface area contributed by atoms with E-state index in [9.17, 15) is 9.90 Å². The lowest BCUT2D eigenvalue weighted by atomic mass is 9.72. The molecule has 1 aliphatic heterocycles. The van der Waals surface area contributed by atoms with Gasteiger partial charge in [-0.2, -0.15) is 0 Å². The first kappa shape index (κ1) is 14.1. The van der Waals surface area contributed by atoms with Gasteiger partial charge in [-0.1, -0.05) is 38.1 Å². The fraction of sp³-hybridized carbons (Fsp3) is 0.562. The lowest BCUT2D eigenvalue weighted by Crippen LogP contribution is -2.47.